The molecule has 0 unspecified atom stereocenters. The number of phenols is 1. The molecule has 0 aliphatic carbocycles. The second-order valence-corrected chi connectivity index (χ2v) is 3.01. The van der Waals surface area contributed by atoms with Crippen LogP contribution in [-0.4, -0.2) is 36.5 Å². The quantitative estimate of drug-likeness (QED) is 0.459. The normalized spacial score (nSPS) is 9.13. The van der Waals surface area contributed by atoms with Crippen LogP contribution in [0.5, 0.6) is 5.75 Å². The molecule has 15 heavy (non-hydrogen) atoms. The Kier molecular flexibility index (Phi) is 6.94. The van der Waals surface area contributed by atoms with E-state index in [9.17, 15) is 9.90 Å². The molecule has 0 radical (unpaired) electrons. The first-order valence-electron chi connectivity index (χ1n) is 4.70. The summed E-state index contributed by atoms with van der Waals surface area (Å²) in [6.45, 7) is 2.43. The van der Waals surface area contributed by atoms with Gasteiger partial charge in [-0.15, -0.1) is 0 Å². The van der Waals surface area contributed by atoms with E-state index in [0.29, 0.717) is 6.61 Å². The summed E-state index contributed by atoms with van der Waals surface area (Å²) in [4.78, 5) is 11.4. The maximum absolute atomic E-state index is 11.4. The molecule has 0 atom stereocenters. The van der Waals surface area contributed by atoms with Crippen molar-refractivity contribution in [2.24, 2.45) is 0 Å². The van der Waals surface area contributed by atoms with Crippen LogP contribution in [0.4, 0.5) is 0 Å². The number of esters is 1. The summed E-state index contributed by atoms with van der Waals surface area (Å²) >= 11 is 0. The van der Waals surface area contributed by atoms with E-state index in [2.05, 4.69) is 0 Å². The summed E-state index contributed by atoms with van der Waals surface area (Å²) in [7, 11) is 0. The molecule has 1 N–H and O–H groups in total. The number of phenolic OH excluding ortho intramolecular Hbond substituents is 1. The predicted molar refractivity (Wildman–Crippen MR) is 60.4 cm³/mol. The molecule has 3 nitrogen and oxygen atoms in total. The van der Waals surface area contributed by atoms with Gasteiger partial charge in [0, 0.05) is 0 Å². The molecule has 0 aromatic heterocycles. The summed E-state index contributed by atoms with van der Waals surface area (Å²) in [6.07, 6.45) is 1.83. The molecule has 0 aliphatic rings. The molecular formula is C11H15LiO3. The van der Waals surface area contributed by atoms with Gasteiger partial charge in [-0.3, -0.25) is 0 Å². The number of hydrogen-bond acceptors (Lipinski definition) is 3. The molecule has 0 aliphatic heterocycles. The molecule has 0 saturated carbocycles. The van der Waals surface area contributed by atoms with Gasteiger partial charge in [-0.1, -0.05) is 25.5 Å². The Morgan fingerprint density at radius 2 is 2.07 bits per heavy atom. The van der Waals surface area contributed by atoms with E-state index >= 15 is 0 Å². The van der Waals surface area contributed by atoms with Gasteiger partial charge < -0.3 is 9.84 Å². The van der Waals surface area contributed by atoms with E-state index < -0.39 is 5.97 Å². The van der Waals surface area contributed by atoms with Crippen LogP contribution >= 0.6 is 0 Å². The van der Waals surface area contributed by atoms with Crippen LogP contribution < -0.4 is 0 Å². The molecule has 78 valence electrons. The SMILES string of the molecule is CCCCOC(=O)c1ccccc1O.[LiH]. The molecule has 0 spiro atoms. The van der Waals surface area contributed by atoms with Crippen LogP contribution in [0, 0.1) is 0 Å². The topological polar surface area (TPSA) is 46.5 Å². The molecule has 0 amide bonds. The van der Waals surface area contributed by atoms with Gasteiger partial charge in [0.1, 0.15) is 11.3 Å². The van der Waals surface area contributed by atoms with Gasteiger partial charge in [0.25, 0.3) is 0 Å². The van der Waals surface area contributed by atoms with Crippen LogP contribution in [-0.2, 0) is 4.74 Å². The first kappa shape index (κ1) is 14.1. The van der Waals surface area contributed by atoms with Crippen molar-refractivity contribution in [3.05, 3.63) is 29.8 Å². The fourth-order valence-electron chi connectivity index (χ4n) is 1.03. The Labute approximate surface area is 102 Å². The Morgan fingerprint density at radius 1 is 1.40 bits per heavy atom. The number of carbonyl (C=O) groups is 1. The van der Waals surface area contributed by atoms with Crippen LogP contribution in [0.25, 0.3) is 0 Å². The third kappa shape index (κ3) is 4.42. The van der Waals surface area contributed by atoms with Crippen LogP contribution in [0.3, 0.4) is 0 Å². The molecule has 0 bridgehead atoms. The Morgan fingerprint density at radius 3 is 2.67 bits per heavy atom. The average molecular weight is 202 g/mol. The Balaban J connectivity index is 0.00000196. The van der Waals surface area contributed by atoms with Gasteiger partial charge in [-0.25, -0.2) is 4.79 Å². The number of carbonyl (C=O) groups excluding carboxylic acids is 1. The third-order valence-electron chi connectivity index (χ3n) is 1.86. The molecule has 1 aromatic rings. The predicted octanol–water partition coefficient (Wildman–Crippen LogP) is 1.70. The number of ether oxygens (including phenoxy) is 1. The zero-order chi connectivity index (χ0) is 10.4. The number of rotatable bonds is 4. The van der Waals surface area contributed by atoms with Gasteiger partial charge in [-0.05, 0) is 18.6 Å². The number of para-hydroxylation sites is 1. The van der Waals surface area contributed by atoms with Crippen molar-refractivity contribution in [3.8, 4) is 5.75 Å². The molecule has 1 aromatic carbocycles. The summed E-state index contributed by atoms with van der Waals surface area (Å²) in [5.41, 5.74) is 0.226. The van der Waals surface area contributed by atoms with Crippen molar-refractivity contribution < 1.29 is 14.6 Å². The summed E-state index contributed by atoms with van der Waals surface area (Å²) < 4.78 is 4.95. The Hall–Kier alpha value is -0.913. The van der Waals surface area contributed by atoms with Crippen LogP contribution in [0.1, 0.15) is 30.1 Å². The van der Waals surface area contributed by atoms with E-state index in [4.69, 9.17) is 4.74 Å². The summed E-state index contributed by atoms with van der Waals surface area (Å²) in [5.74, 6) is -0.495. The fraction of sp³-hybridized carbons (Fsp3) is 0.364. The Bertz CT molecular complexity index is 312. The standard InChI is InChI=1S/C11H14O3.Li.H/c1-2-3-8-14-11(13)9-6-4-5-7-10(9)12;;/h4-7,12H,2-3,8H2,1H3;;. The molecule has 0 fully saturated rings. The molecule has 1 rings (SSSR count). The van der Waals surface area contributed by atoms with E-state index in [1.165, 1.54) is 6.07 Å². The third-order valence-corrected chi connectivity index (χ3v) is 1.86. The number of aromatic hydroxyl groups is 1. The second-order valence-electron chi connectivity index (χ2n) is 3.01. The van der Waals surface area contributed by atoms with Gasteiger partial charge in [-0.2, -0.15) is 0 Å². The van der Waals surface area contributed by atoms with Crippen molar-refractivity contribution in [2.45, 2.75) is 19.8 Å². The van der Waals surface area contributed by atoms with E-state index in [1.807, 2.05) is 6.92 Å². The molecular weight excluding hydrogens is 187 g/mol. The van der Waals surface area contributed by atoms with E-state index in [1.54, 1.807) is 18.2 Å². The van der Waals surface area contributed by atoms with Gasteiger partial charge in [0.05, 0.1) is 6.61 Å². The zero-order valence-corrected chi connectivity index (χ0v) is 8.19. The second kappa shape index (κ2) is 7.39. The van der Waals surface area contributed by atoms with Crippen LogP contribution in [0.15, 0.2) is 24.3 Å². The number of benzene rings is 1. The summed E-state index contributed by atoms with van der Waals surface area (Å²) in [5, 5.41) is 9.34. The average Bonchev–Trinajstić information content (AvgIpc) is 2.18. The van der Waals surface area contributed by atoms with Crippen molar-refractivity contribution >= 4 is 24.8 Å². The molecule has 0 heterocycles. The van der Waals surface area contributed by atoms with Crippen molar-refractivity contribution in [2.75, 3.05) is 6.61 Å². The fourth-order valence-corrected chi connectivity index (χ4v) is 1.03. The molecule has 0 saturated heterocycles. The minimum absolute atomic E-state index is 0. The monoisotopic (exact) mass is 202 g/mol. The first-order valence-corrected chi connectivity index (χ1v) is 4.70. The van der Waals surface area contributed by atoms with Crippen LogP contribution in [0.2, 0.25) is 0 Å². The van der Waals surface area contributed by atoms with Crippen molar-refractivity contribution in [1.29, 1.82) is 0 Å². The maximum atomic E-state index is 11.4. The first-order chi connectivity index (χ1) is 6.75. The number of unbranched alkanes of at least 4 members (excludes halogenated alkanes) is 1. The molecule has 4 heteroatoms. The number of hydrogen-bond donors (Lipinski definition) is 1. The van der Waals surface area contributed by atoms with Crippen molar-refractivity contribution in [1.82, 2.24) is 0 Å². The minimum atomic E-state index is -0.462. The van der Waals surface area contributed by atoms with E-state index in [-0.39, 0.29) is 30.2 Å². The van der Waals surface area contributed by atoms with Gasteiger partial charge in [0.15, 0.2) is 0 Å². The summed E-state index contributed by atoms with van der Waals surface area (Å²) in [6, 6.07) is 6.37. The van der Waals surface area contributed by atoms with E-state index in [0.717, 1.165) is 12.8 Å². The van der Waals surface area contributed by atoms with Gasteiger partial charge >= 0.3 is 24.8 Å². The van der Waals surface area contributed by atoms with Gasteiger partial charge in [0.2, 0.25) is 0 Å². The zero-order valence-electron chi connectivity index (χ0n) is 8.19. The van der Waals surface area contributed by atoms with Crippen molar-refractivity contribution in [3.63, 3.8) is 0 Å².